The molecule has 0 aromatic carbocycles. The summed E-state index contributed by atoms with van der Waals surface area (Å²) in [4.78, 5) is 12.2. The Morgan fingerprint density at radius 3 is 2.53 bits per heavy atom. The SMILES string of the molecule is CCCCNc1nc(NN)nc(OCCC)n1. The Labute approximate surface area is 101 Å². The van der Waals surface area contributed by atoms with Crippen molar-refractivity contribution in [2.75, 3.05) is 23.9 Å². The molecule has 7 heteroatoms. The van der Waals surface area contributed by atoms with Gasteiger partial charge >= 0.3 is 6.01 Å². The van der Waals surface area contributed by atoms with Crippen molar-refractivity contribution in [1.82, 2.24) is 15.0 Å². The van der Waals surface area contributed by atoms with Crippen molar-refractivity contribution in [3.05, 3.63) is 0 Å². The highest BCUT2D eigenvalue weighted by Crippen LogP contribution is 2.10. The summed E-state index contributed by atoms with van der Waals surface area (Å²) in [6.07, 6.45) is 3.07. The summed E-state index contributed by atoms with van der Waals surface area (Å²) >= 11 is 0. The van der Waals surface area contributed by atoms with E-state index in [0.717, 1.165) is 25.8 Å². The van der Waals surface area contributed by atoms with Crippen molar-refractivity contribution in [2.45, 2.75) is 33.1 Å². The van der Waals surface area contributed by atoms with Crippen LogP contribution in [-0.2, 0) is 0 Å². The Balaban J connectivity index is 2.67. The van der Waals surface area contributed by atoms with E-state index in [1.807, 2.05) is 6.92 Å². The Hall–Kier alpha value is -1.63. The number of rotatable bonds is 8. The van der Waals surface area contributed by atoms with E-state index in [4.69, 9.17) is 10.6 Å². The molecule has 1 rings (SSSR count). The van der Waals surface area contributed by atoms with Gasteiger partial charge in [-0.15, -0.1) is 0 Å². The van der Waals surface area contributed by atoms with E-state index in [9.17, 15) is 0 Å². The number of aromatic nitrogens is 3. The highest BCUT2D eigenvalue weighted by atomic mass is 16.5. The van der Waals surface area contributed by atoms with Crippen LogP contribution >= 0.6 is 0 Å². The number of hydrogen-bond donors (Lipinski definition) is 3. The predicted molar refractivity (Wildman–Crippen MR) is 66.8 cm³/mol. The lowest BCUT2D eigenvalue weighted by Gasteiger charge is -2.08. The van der Waals surface area contributed by atoms with E-state index in [1.54, 1.807) is 0 Å². The first-order chi connectivity index (χ1) is 8.30. The number of hydrogen-bond acceptors (Lipinski definition) is 7. The van der Waals surface area contributed by atoms with Crippen LogP contribution in [0, 0.1) is 0 Å². The van der Waals surface area contributed by atoms with Crippen LogP contribution in [0.5, 0.6) is 6.01 Å². The molecule has 0 aliphatic rings. The second kappa shape index (κ2) is 7.61. The summed E-state index contributed by atoms with van der Waals surface area (Å²) in [6, 6.07) is 0.286. The van der Waals surface area contributed by atoms with Crippen LogP contribution in [0.25, 0.3) is 0 Å². The van der Waals surface area contributed by atoms with Gasteiger partial charge in [0, 0.05) is 6.54 Å². The minimum atomic E-state index is 0.286. The molecule has 7 nitrogen and oxygen atoms in total. The molecule has 1 aromatic heterocycles. The monoisotopic (exact) mass is 240 g/mol. The lowest BCUT2D eigenvalue weighted by atomic mass is 10.3. The molecule has 0 bridgehead atoms. The molecular formula is C10H20N6O. The molecular weight excluding hydrogens is 220 g/mol. The molecule has 0 radical (unpaired) electrons. The summed E-state index contributed by atoms with van der Waals surface area (Å²) in [6.45, 7) is 5.53. The molecule has 0 aliphatic carbocycles. The fourth-order valence-corrected chi connectivity index (χ4v) is 1.13. The van der Waals surface area contributed by atoms with Crippen LogP contribution in [-0.4, -0.2) is 28.1 Å². The Kier molecular flexibility index (Phi) is 6.02. The molecule has 0 spiro atoms. The number of ether oxygens (including phenoxy) is 1. The number of nitrogens with one attached hydrogen (secondary N) is 2. The number of nitrogens with two attached hydrogens (primary N) is 1. The van der Waals surface area contributed by atoms with E-state index >= 15 is 0 Å². The maximum Gasteiger partial charge on any atom is 0.323 e. The van der Waals surface area contributed by atoms with E-state index in [2.05, 4.69) is 32.6 Å². The van der Waals surface area contributed by atoms with Gasteiger partial charge < -0.3 is 10.1 Å². The fourth-order valence-electron chi connectivity index (χ4n) is 1.13. The number of nitrogen functional groups attached to an aromatic ring is 1. The van der Waals surface area contributed by atoms with Crippen molar-refractivity contribution in [1.29, 1.82) is 0 Å². The second-order valence-electron chi connectivity index (χ2n) is 3.54. The third-order valence-electron chi connectivity index (χ3n) is 1.99. The lowest BCUT2D eigenvalue weighted by Crippen LogP contribution is -2.15. The van der Waals surface area contributed by atoms with Crippen LogP contribution in [0.1, 0.15) is 33.1 Å². The number of unbranched alkanes of at least 4 members (excludes halogenated alkanes) is 1. The maximum atomic E-state index is 5.35. The Morgan fingerprint density at radius 1 is 1.12 bits per heavy atom. The first-order valence-electron chi connectivity index (χ1n) is 5.89. The van der Waals surface area contributed by atoms with Crippen molar-refractivity contribution in [3.8, 4) is 6.01 Å². The molecule has 0 atom stereocenters. The third-order valence-corrected chi connectivity index (χ3v) is 1.99. The van der Waals surface area contributed by atoms with E-state index in [-0.39, 0.29) is 6.01 Å². The molecule has 0 unspecified atom stereocenters. The summed E-state index contributed by atoms with van der Waals surface area (Å²) in [5.41, 5.74) is 2.39. The summed E-state index contributed by atoms with van der Waals surface area (Å²) in [7, 11) is 0. The van der Waals surface area contributed by atoms with Crippen LogP contribution in [0.2, 0.25) is 0 Å². The van der Waals surface area contributed by atoms with Crippen molar-refractivity contribution < 1.29 is 4.74 Å². The normalized spacial score (nSPS) is 10.1. The van der Waals surface area contributed by atoms with Gasteiger partial charge in [-0.1, -0.05) is 20.3 Å². The number of hydrazine groups is 1. The molecule has 0 fully saturated rings. The van der Waals surface area contributed by atoms with Gasteiger partial charge in [0.05, 0.1) is 6.61 Å². The van der Waals surface area contributed by atoms with Gasteiger partial charge in [-0.2, -0.15) is 15.0 Å². The van der Waals surface area contributed by atoms with Gasteiger partial charge in [-0.3, -0.25) is 5.43 Å². The molecule has 0 saturated heterocycles. The van der Waals surface area contributed by atoms with Gasteiger partial charge in [-0.25, -0.2) is 5.84 Å². The zero-order valence-corrected chi connectivity index (χ0v) is 10.4. The smallest absolute Gasteiger partial charge is 0.323 e. The van der Waals surface area contributed by atoms with Crippen molar-refractivity contribution in [2.24, 2.45) is 5.84 Å². The highest BCUT2D eigenvalue weighted by molar-refractivity contribution is 5.34. The van der Waals surface area contributed by atoms with Gasteiger partial charge in [0.2, 0.25) is 11.9 Å². The molecule has 1 aromatic rings. The summed E-state index contributed by atoms with van der Waals surface area (Å²) in [5, 5.41) is 3.10. The predicted octanol–water partition coefficient (Wildman–Crippen LogP) is 1.16. The topological polar surface area (TPSA) is 98.0 Å². The van der Waals surface area contributed by atoms with E-state index in [0.29, 0.717) is 18.5 Å². The van der Waals surface area contributed by atoms with Crippen molar-refractivity contribution in [3.63, 3.8) is 0 Å². The van der Waals surface area contributed by atoms with Gasteiger partial charge in [-0.05, 0) is 12.8 Å². The number of nitrogens with zero attached hydrogens (tertiary/aromatic N) is 3. The zero-order valence-electron chi connectivity index (χ0n) is 10.4. The highest BCUT2D eigenvalue weighted by Gasteiger charge is 2.05. The molecule has 96 valence electrons. The minimum Gasteiger partial charge on any atom is -0.463 e. The first kappa shape index (κ1) is 13.4. The lowest BCUT2D eigenvalue weighted by molar-refractivity contribution is 0.292. The van der Waals surface area contributed by atoms with E-state index < -0.39 is 0 Å². The molecule has 0 amide bonds. The fraction of sp³-hybridized carbons (Fsp3) is 0.700. The zero-order chi connectivity index (χ0) is 12.5. The van der Waals surface area contributed by atoms with Crippen LogP contribution in [0.3, 0.4) is 0 Å². The first-order valence-corrected chi connectivity index (χ1v) is 5.89. The standard InChI is InChI=1S/C10H20N6O/c1-3-5-6-12-8-13-9(16-11)15-10(14-8)17-7-4-2/h3-7,11H2,1-2H3,(H2,12,13,14,15,16). The van der Waals surface area contributed by atoms with Gasteiger partial charge in [0.25, 0.3) is 0 Å². The maximum absolute atomic E-state index is 5.35. The molecule has 0 aliphatic heterocycles. The second-order valence-corrected chi connectivity index (χ2v) is 3.54. The Bertz CT molecular complexity index is 333. The summed E-state index contributed by atoms with van der Waals surface area (Å²) in [5.74, 6) is 6.06. The summed E-state index contributed by atoms with van der Waals surface area (Å²) < 4.78 is 5.35. The minimum absolute atomic E-state index is 0.286. The average molecular weight is 240 g/mol. The van der Waals surface area contributed by atoms with Gasteiger partial charge in [0.1, 0.15) is 0 Å². The number of anilines is 2. The molecule has 0 saturated carbocycles. The molecule has 4 N–H and O–H groups in total. The largest absolute Gasteiger partial charge is 0.463 e. The van der Waals surface area contributed by atoms with Crippen LogP contribution < -0.4 is 21.3 Å². The third kappa shape index (κ3) is 4.81. The van der Waals surface area contributed by atoms with Crippen LogP contribution in [0.15, 0.2) is 0 Å². The molecule has 1 heterocycles. The Morgan fingerprint density at radius 2 is 1.88 bits per heavy atom. The quantitative estimate of drug-likeness (QED) is 0.356. The average Bonchev–Trinajstić information content (AvgIpc) is 2.36. The molecule has 17 heavy (non-hydrogen) atoms. The van der Waals surface area contributed by atoms with Crippen LogP contribution in [0.4, 0.5) is 11.9 Å². The van der Waals surface area contributed by atoms with Crippen molar-refractivity contribution >= 4 is 11.9 Å². The van der Waals surface area contributed by atoms with Gasteiger partial charge in [0.15, 0.2) is 0 Å². The van der Waals surface area contributed by atoms with E-state index in [1.165, 1.54) is 0 Å².